The minimum Gasteiger partial charge on any atom is -0.309 e. The van der Waals surface area contributed by atoms with E-state index in [0.29, 0.717) is 16.8 Å². The molecule has 2 aliphatic rings. The molecule has 2 aromatic rings. The van der Waals surface area contributed by atoms with Crippen LogP contribution >= 0.6 is 0 Å². The van der Waals surface area contributed by atoms with Gasteiger partial charge in [0.15, 0.2) is 5.78 Å². The molecule has 4 rings (SSSR count). The fourth-order valence-corrected chi connectivity index (χ4v) is 6.45. The number of anilines is 1. The van der Waals surface area contributed by atoms with Crippen molar-refractivity contribution >= 4 is 17.4 Å². The molecule has 2 heterocycles. The Morgan fingerprint density at radius 1 is 1.09 bits per heavy atom. The quantitative estimate of drug-likeness (QED) is 0.400. The van der Waals surface area contributed by atoms with Crippen molar-refractivity contribution in [2.45, 2.75) is 45.3 Å². The molecule has 43 heavy (non-hydrogen) atoms. The summed E-state index contributed by atoms with van der Waals surface area (Å²) in [5.74, 6) is -1.96. The zero-order valence-corrected chi connectivity index (χ0v) is 25.5. The Kier molecular flexibility index (Phi) is 10.1. The molecule has 3 atom stereocenters. The molecule has 7 nitrogen and oxygen atoms in total. The Balaban J connectivity index is 1.75. The first-order valence-corrected chi connectivity index (χ1v) is 14.7. The van der Waals surface area contributed by atoms with Crippen LogP contribution < -0.4 is 4.90 Å². The maximum Gasteiger partial charge on any atom is 0.416 e. The fourth-order valence-electron chi connectivity index (χ4n) is 6.45. The average molecular weight is 596 g/mol. The molecule has 230 valence electrons. The summed E-state index contributed by atoms with van der Waals surface area (Å²) in [5, 5.41) is 9.35. The third-order valence-corrected chi connectivity index (χ3v) is 8.69. The number of Topliss-reactive ketones (excluding diaryl/α,β-unsaturated/α-hetero) is 1. The van der Waals surface area contributed by atoms with E-state index in [-0.39, 0.29) is 23.4 Å². The molecule has 0 N–H and O–H groups in total. The smallest absolute Gasteiger partial charge is 0.309 e. The maximum atomic E-state index is 14.5. The first kappa shape index (κ1) is 32.4. The predicted octanol–water partition coefficient (Wildman–Crippen LogP) is 5.14. The number of allylic oxidation sites excluding steroid dienone is 2. The number of benzene rings is 2. The second-order valence-corrected chi connectivity index (χ2v) is 11.8. The monoisotopic (exact) mass is 595 g/mol. The molecule has 0 bridgehead atoms. The van der Waals surface area contributed by atoms with Crippen molar-refractivity contribution in [3.63, 3.8) is 0 Å². The number of ketones is 1. The molecular formula is C33H40F3N5O2. The topological polar surface area (TPSA) is 70.9 Å². The number of hydrogen-bond donors (Lipinski definition) is 0. The number of piperazine rings is 1. The summed E-state index contributed by atoms with van der Waals surface area (Å²) in [4.78, 5) is 36.0. The van der Waals surface area contributed by atoms with Gasteiger partial charge in [0.2, 0.25) is 5.91 Å². The van der Waals surface area contributed by atoms with Crippen LogP contribution in [0, 0.1) is 17.2 Å². The zero-order chi connectivity index (χ0) is 31.5. The standard InChI is InChI=1S/C33H40F3N5O2/c1-22(40-18-16-39(17-19-40)15-7-14-38(4)5)30-31(26-12-10-25(21-37)11-13-26)29(24(3)42)23(2)41(32(30)43)28-9-6-8-27(20-28)33(34,35)36/h6,8-13,20,22,30-31H,7,14-19H2,1-5H3. The third kappa shape index (κ3) is 7.18. The summed E-state index contributed by atoms with van der Waals surface area (Å²) in [5.41, 5.74) is 1.11. The van der Waals surface area contributed by atoms with Crippen molar-refractivity contribution in [1.82, 2.24) is 14.7 Å². The molecule has 1 fully saturated rings. The van der Waals surface area contributed by atoms with Gasteiger partial charge in [-0.3, -0.25) is 19.4 Å². The lowest BCUT2D eigenvalue weighted by atomic mass is 9.71. The molecule has 0 saturated carbocycles. The van der Waals surface area contributed by atoms with Gasteiger partial charge < -0.3 is 9.80 Å². The summed E-state index contributed by atoms with van der Waals surface area (Å²) in [6.45, 7) is 10.2. The molecule has 3 unspecified atom stereocenters. The van der Waals surface area contributed by atoms with Gasteiger partial charge in [-0.15, -0.1) is 0 Å². The van der Waals surface area contributed by atoms with Gasteiger partial charge in [-0.25, -0.2) is 0 Å². The minimum atomic E-state index is -4.58. The van der Waals surface area contributed by atoms with Gasteiger partial charge in [0.25, 0.3) is 0 Å². The van der Waals surface area contributed by atoms with Crippen LogP contribution in [-0.4, -0.2) is 85.8 Å². The minimum absolute atomic E-state index is 0.0808. The number of rotatable bonds is 9. The van der Waals surface area contributed by atoms with Crippen molar-refractivity contribution in [1.29, 1.82) is 5.26 Å². The first-order chi connectivity index (χ1) is 20.3. The number of alkyl halides is 3. The number of amides is 1. The SMILES string of the molecule is CC(=O)C1=C(C)N(c2cccc(C(F)(F)F)c2)C(=O)C(C(C)N2CCN(CCCN(C)C)CC2)C1c1ccc(C#N)cc1. The van der Waals surface area contributed by atoms with E-state index in [1.54, 1.807) is 31.2 Å². The number of carbonyl (C=O) groups excluding carboxylic acids is 2. The molecule has 10 heteroatoms. The van der Waals surface area contributed by atoms with E-state index in [0.717, 1.165) is 63.4 Å². The first-order valence-electron chi connectivity index (χ1n) is 14.7. The van der Waals surface area contributed by atoms with Crippen LogP contribution in [0.25, 0.3) is 0 Å². The molecule has 0 aromatic heterocycles. The summed E-state index contributed by atoms with van der Waals surface area (Å²) in [6.07, 6.45) is -3.53. The average Bonchev–Trinajstić information content (AvgIpc) is 2.96. The maximum absolute atomic E-state index is 14.5. The van der Waals surface area contributed by atoms with E-state index in [1.807, 2.05) is 6.92 Å². The molecule has 2 aliphatic heterocycles. The highest BCUT2D eigenvalue weighted by Gasteiger charge is 2.47. The van der Waals surface area contributed by atoms with E-state index >= 15 is 0 Å². The lowest BCUT2D eigenvalue weighted by molar-refractivity contribution is -0.137. The van der Waals surface area contributed by atoms with E-state index < -0.39 is 23.6 Å². The zero-order valence-electron chi connectivity index (χ0n) is 25.5. The van der Waals surface area contributed by atoms with E-state index in [9.17, 15) is 28.0 Å². The van der Waals surface area contributed by atoms with Crippen molar-refractivity contribution < 1.29 is 22.8 Å². The van der Waals surface area contributed by atoms with Gasteiger partial charge in [0.05, 0.1) is 23.1 Å². The summed E-state index contributed by atoms with van der Waals surface area (Å²) in [6, 6.07) is 13.4. The van der Waals surface area contributed by atoms with E-state index in [2.05, 4.69) is 34.9 Å². The highest BCUT2D eigenvalue weighted by atomic mass is 19.4. The number of halogens is 3. The van der Waals surface area contributed by atoms with Crippen LogP contribution in [0.15, 0.2) is 59.8 Å². The van der Waals surface area contributed by atoms with Crippen molar-refractivity contribution in [2.24, 2.45) is 5.92 Å². The number of nitriles is 1. The highest BCUT2D eigenvalue weighted by Crippen LogP contribution is 2.45. The van der Waals surface area contributed by atoms with Crippen LogP contribution in [0.5, 0.6) is 0 Å². The Morgan fingerprint density at radius 3 is 2.30 bits per heavy atom. The normalized spacial score (nSPS) is 21.3. The Hall–Kier alpha value is -3.52. The highest BCUT2D eigenvalue weighted by molar-refractivity contribution is 6.07. The summed E-state index contributed by atoms with van der Waals surface area (Å²) >= 11 is 0. The Morgan fingerprint density at radius 2 is 1.74 bits per heavy atom. The lowest BCUT2D eigenvalue weighted by Gasteiger charge is -2.47. The second-order valence-electron chi connectivity index (χ2n) is 11.8. The predicted molar refractivity (Wildman–Crippen MR) is 160 cm³/mol. The molecule has 0 radical (unpaired) electrons. The van der Waals surface area contributed by atoms with Crippen molar-refractivity contribution in [3.8, 4) is 6.07 Å². The van der Waals surface area contributed by atoms with Gasteiger partial charge in [0.1, 0.15) is 0 Å². The van der Waals surface area contributed by atoms with Crippen LogP contribution in [0.2, 0.25) is 0 Å². The van der Waals surface area contributed by atoms with Crippen LogP contribution in [0.1, 0.15) is 49.8 Å². The Labute approximate surface area is 252 Å². The molecule has 0 aliphatic carbocycles. The van der Waals surface area contributed by atoms with Crippen LogP contribution in [0.3, 0.4) is 0 Å². The molecule has 0 spiro atoms. The number of carbonyl (C=O) groups is 2. The molecule has 1 amide bonds. The van der Waals surface area contributed by atoms with Gasteiger partial charge in [0, 0.05) is 55.1 Å². The van der Waals surface area contributed by atoms with Gasteiger partial charge in [-0.1, -0.05) is 18.2 Å². The van der Waals surface area contributed by atoms with E-state index in [4.69, 9.17) is 0 Å². The van der Waals surface area contributed by atoms with Crippen molar-refractivity contribution in [2.75, 3.05) is 58.3 Å². The second kappa shape index (κ2) is 13.4. The van der Waals surface area contributed by atoms with E-state index in [1.165, 1.54) is 24.0 Å². The third-order valence-electron chi connectivity index (χ3n) is 8.69. The lowest BCUT2D eigenvalue weighted by Crippen LogP contribution is -2.57. The van der Waals surface area contributed by atoms with Gasteiger partial charge in [-0.05, 0) is 90.3 Å². The number of hydrogen-bond acceptors (Lipinski definition) is 6. The van der Waals surface area contributed by atoms with Crippen LogP contribution in [0.4, 0.5) is 18.9 Å². The van der Waals surface area contributed by atoms with Crippen molar-refractivity contribution in [3.05, 3.63) is 76.5 Å². The Bertz CT molecular complexity index is 1390. The summed E-state index contributed by atoms with van der Waals surface area (Å²) < 4.78 is 41.0. The molecule has 1 saturated heterocycles. The number of nitrogens with zero attached hydrogens (tertiary/aromatic N) is 5. The van der Waals surface area contributed by atoms with Crippen LogP contribution in [-0.2, 0) is 15.8 Å². The molecular weight excluding hydrogens is 555 g/mol. The molecule has 2 aromatic carbocycles. The van der Waals surface area contributed by atoms with Gasteiger partial charge in [-0.2, -0.15) is 18.4 Å². The summed E-state index contributed by atoms with van der Waals surface area (Å²) in [7, 11) is 4.11. The largest absolute Gasteiger partial charge is 0.416 e. The van der Waals surface area contributed by atoms with Gasteiger partial charge >= 0.3 is 6.18 Å². The fraction of sp³-hybridized carbons (Fsp3) is 0.485.